The minimum absolute atomic E-state index is 0.645. The van der Waals surface area contributed by atoms with E-state index >= 15 is 0 Å². The topological polar surface area (TPSA) is 36.9 Å². The molecular formula is C16H15AlF21O4-. The fraction of sp³-hybridized carbons (Fsp3) is 1.00. The highest BCUT2D eigenvalue weighted by atomic mass is 27.3. The molecule has 4 nitrogen and oxygen atoms in total. The van der Waals surface area contributed by atoms with Crippen LogP contribution in [-0.4, -0.2) is 80.1 Å². The molecule has 0 saturated heterocycles. The molecule has 0 atom stereocenters. The molecule has 0 rings (SSSR count). The molecule has 0 fully saturated rings. The van der Waals surface area contributed by atoms with E-state index in [1.54, 1.807) is 0 Å². The predicted octanol–water partition coefficient (Wildman–Crippen LogP) is 8.48. The Bertz CT molecular complexity index is 853. The van der Waals surface area contributed by atoms with Crippen molar-refractivity contribution in [2.45, 2.75) is 100 Å². The highest BCUT2D eigenvalue weighted by Crippen LogP contribution is 2.58. The molecule has 0 aliphatic heterocycles. The lowest BCUT2D eigenvalue weighted by molar-refractivity contribution is -0.457. The Hall–Kier alpha value is -1.10. The van der Waals surface area contributed by atoms with Gasteiger partial charge in [0.05, 0.1) is 0 Å². The van der Waals surface area contributed by atoms with Crippen LogP contribution in [0.15, 0.2) is 0 Å². The summed E-state index contributed by atoms with van der Waals surface area (Å²) in [5.74, 6) is 0. The molecule has 0 radical (unpaired) electrons. The number of rotatable bonds is 8. The number of alkyl halides is 21. The molecule has 0 spiro atoms. The number of hydrogen-bond acceptors (Lipinski definition) is 4. The van der Waals surface area contributed by atoms with Crippen LogP contribution in [0.5, 0.6) is 0 Å². The van der Waals surface area contributed by atoms with Gasteiger partial charge in [0, 0.05) is 0 Å². The minimum Gasteiger partial charge on any atom is -0.576 e. The van der Waals surface area contributed by atoms with Crippen LogP contribution in [0.1, 0.15) is 34.6 Å². The Balaban J connectivity index is 8.52. The Labute approximate surface area is 223 Å². The van der Waals surface area contributed by atoms with Gasteiger partial charge in [0.1, 0.15) is 11.2 Å². The molecule has 0 saturated carbocycles. The minimum atomic E-state index is -9.59. The third-order valence-corrected chi connectivity index (χ3v) is 8.38. The van der Waals surface area contributed by atoms with E-state index in [4.69, 9.17) is 0 Å². The van der Waals surface area contributed by atoms with Gasteiger partial charge in [-0.05, 0) is 34.6 Å². The van der Waals surface area contributed by atoms with E-state index in [0.717, 1.165) is 0 Å². The zero-order valence-electron chi connectivity index (χ0n) is 20.6. The maximum atomic E-state index is 13.5. The van der Waals surface area contributed by atoms with Gasteiger partial charge < -0.3 is 15.2 Å². The zero-order chi connectivity index (χ0) is 34.8. The molecule has 0 aliphatic carbocycles. The van der Waals surface area contributed by atoms with Gasteiger partial charge >= 0.3 is 63.2 Å². The Morgan fingerprint density at radius 1 is 0.310 bits per heavy atom. The molecule has 0 bridgehead atoms. The van der Waals surface area contributed by atoms with Crippen molar-refractivity contribution in [3.8, 4) is 0 Å². The summed E-state index contributed by atoms with van der Waals surface area (Å²) >= 11 is -9.59. The third kappa shape index (κ3) is 7.57. The van der Waals surface area contributed by atoms with Gasteiger partial charge in [-0.1, -0.05) is 0 Å². The molecule has 26 heteroatoms. The van der Waals surface area contributed by atoms with Crippen molar-refractivity contribution in [2.75, 3.05) is 0 Å². The molecule has 0 heterocycles. The van der Waals surface area contributed by atoms with Crippen molar-refractivity contribution >= 4 is 14.4 Å². The smallest absolute Gasteiger partial charge is 0.576 e. The van der Waals surface area contributed by atoms with Gasteiger partial charge in [-0.2, -0.15) is 92.2 Å². The average Bonchev–Trinajstić information content (AvgIpc) is 2.58. The average molecular weight is 697 g/mol. The standard InChI is InChI=1S/C4F9O.C4H3F6O.2C4H6F3O.Al/c5-2(6,7)1(14,3(8,9)10)4(11,12)13;1-2(11,3(5,6)7)4(8,9)10;2*1-3(2,8)4(5,6)7;/h;1H3;2*1-2H3;/q4*-1;+3. The van der Waals surface area contributed by atoms with Gasteiger partial charge in [-0.25, -0.2) is 0 Å². The van der Waals surface area contributed by atoms with Crippen molar-refractivity contribution in [1.82, 2.24) is 0 Å². The summed E-state index contributed by atoms with van der Waals surface area (Å²) in [4.78, 5) is 0. The SMILES string of the molecule is CC(C)([O][Al-]([O]C(C)(C)C(F)(F)F)([O]C(C)(C(F)(F)F)C(F)(F)F)[O]C(C(F)(F)F)(C(F)(F)F)C(F)(F)F)C(F)(F)F. The van der Waals surface area contributed by atoms with Crippen molar-refractivity contribution < 1.29 is 107 Å². The predicted molar refractivity (Wildman–Crippen MR) is 91.8 cm³/mol. The zero-order valence-corrected chi connectivity index (χ0v) is 21.8. The maximum absolute atomic E-state index is 13.5. The molecule has 0 amide bonds. The second-order valence-electron chi connectivity index (χ2n) is 9.27. The maximum Gasteiger partial charge on any atom is 0.878 e. The van der Waals surface area contributed by atoms with Crippen LogP contribution in [0.3, 0.4) is 0 Å². The first-order valence-corrected chi connectivity index (χ1v) is 11.9. The summed E-state index contributed by atoms with van der Waals surface area (Å²) in [6.45, 7) is -4.00. The van der Waals surface area contributed by atoms with Gasteiger partial charge in [0.2, 0.25) is 5.60 Å². The van der Waals surface area contributed by atoms with Gasteiger partial charge in [-0.3, -0.25) is 0 Å². The Kier molecular flexibility index (Phi) is 10.5. The quantitative estimate of drug-likeness (QED) is 0.189. The normalized spacial score (nSPS) is 16.7. The lowest BCUT2D eigenvalue weighted by Crippen LogP contribution is -2.77. The van der Waals surface area contributed by atoms with Crippen LogP contribution < -0.4 is 0 Å². The molecule has 0 aliphatic rings. The van der Waals surface area contributed by atoms with Crippen molar-refractivity contribution in [3.63, 3.8) is 0 Å². The van der Waals surface area contributed by atoms with Crippen LogP contribution in [0.2, 0.25) is 0 Å². The van der Waals surface area contributed by atoms with Gasteiger partial charge in [0.25, 0.3) is 0 Å². The second kappa shape index (κ2) is 10.8. The molecule has 0 unspecified atom stereocenters. The van der Waals surface area contributed by atoms with Crippen molar-refractivity contribution in [2.24, 2.45) is 0 Å². The molecule has 0 aromatic heterocycles. The van der Waals surface area contributed by atoms with Crippen molar-refractivity contribution in [1.29, 1.82) is 0 Å². The summed E-state index contributed by atoms with van der Waals surface area (Å²) < 4.78 is 296. The highest BCUT2D eigenvalue weighted by Gasteiger charge is 2.87. The van der Waals surface area contributed by atoms with Crippen molar-refractivity contribution in [3.05, 3.63) is 0 Å². The Morgan fingerprint density at radius 3 is 0.714 bits per heavy atom. The number of hydrogen-bond donors (Lipinski definition) is 0. The fourth-order valence-corrected chi connectivity index (χ4v) is 6.16. The van der Waals surface area contributed by atoms with Crippen LogP contribution in [0.25, 0.3) is 0 Å². The summed E-state index contributed by atoms with van der Waals surface area (Å²) in [5, 5.41) is 0. The third-order valence-electron chi connectivity index (χ3n) is 5.22. The first kappa shape index (κ1) is 40.9. The molecule has 0 N–H and O–H groups in total. The van der Waals surface area contributed by atoms with Gasteiger partial charge in [0.15, 0.2) is 0 Å². The van der Waals surface area contributed by atoms with Crippen LogP contribution in [0.4, 0.5) is 92.2 Å². The van der Waals surface area contributed by atoms with Gasteiger partial charge in [-0.15, -0.1) is 0 Å². The van der Waals surface area contributed by atoms with Crippen LogP contribution in [0, 0.1) is 0 Å². The van der Waals surface area contributed by atoms with Crippen LogP contribution >= 0.6 is 0 Å². The Morgan fingerprint density at radius 2 is 0.548 bits per heavy atom. The van der Waals surface area contributed by atoms with E-state index in [-0.39, 0.29) is 0 Å². The molecule has 0 aromatic rings. The van der Waals surface area contributed by atoms with E-state index in [1.807, 2.05) is 0 Å². The summed E-state index contributed by atoms with van der Waals surface area (Å²) in [7, 11) is 0. The highest BCUT2D eigenvalue weighted by molar-refractivity contribution is 6.54. The van der Waals surface area contributed by atoms with E-state index in [1.165, 1.54) is 0 Å². The summed E-state index contributed by atoms with van der Waals surface area (Å²) in [6, 6.07) is 0. The number of halogens is 21. The largest absolute Gasteiger partial charge is 0.878 e. The van der Waals surface area contributed by atoms with Crippen LogP contribution in [-0.2, 0) is 15.2 Å². The van der Waals surface area contributed by atoms with E-state index in [2.05, 4.69) is 15.2 Å². The van der Waals surface area contributed by atoms with E-state index < -0.39 is 115 Å². The summed E-state index contributed by atoms with van der Waals surface area (Å²) in [6.07, 6.45) is -51.9. The molecular weight excluding hydrogens is 682 g/mol. The monoisotopic (exact) mass is 697 g/mol. The second-order valence-corrected chi connectivity index (χ2v) is 11.4. The molecule has 0 aromatic carbocycles. The lowest BCUT2D eigenvalue weighted by atomic mass is 10.0. The molecule has 254 valence electrons. The van der Waals surface area contributed by atoms with E-state index in [0.29, 0.717) is 0 Å². The lowest BCUT2D eigenvalue weighted by Gasteiger charge is -2.55. The fourth-order valence-electron chi connectivity index (χ4n) is 2.48. The first-order valence-electron chi connectivity index (χ1n) is 9.98. The molecule has 42 heavy (non-hydrogen) atoms. The summed E-state index contributed by atoms with van der Waals surface area (Å²) in [5.41, 5.74) is -24.3. The first-order chi connectivity index (χ1) is 17.6. The van der Waals surface area contributed by atoms with E-state index in [9.17, 15) is 92.2 Å².